The largest absolute Gasteiger partial charge is 0.444 e. The highest BCUT2D eigenvalue weighted by atomic mass is 19.1. The van der Waals surface area contributed by atoms with Gasteiger partial charge in [-0.1, -0.05) is 39.8 Å². The molecular weight excluding hydrogens is 427 g/mol. The van der Waals surface area contributed by atoms with E-state index >= 15 is 0 Å². The summed E-state index contributed by atoms with van der Waals surface area (Å²) < 4.78 is 18.5. The SMILES string of the molecule is CC(C)C[C@H](NC(=O)OC(C)(C)C)C(=O)N[C@@H](C(C)C)[C@@H](O)C1C(=O)C1c1ccc(F)cc1. The van der Waals surface area contributed by atoms with Crippen molar-refractivity contribution in [1.29, 1.82) is 0 Å². The number of hydrogen-bond donors (Lipinski definition) is 3. The zero-order valence-corrected chi connectivity index (χ0v) is 20.5. The van der Waals surface area contributed by atoms with Crippen LogP contribution in [-0.2, 0) is 14.3 Å². The maximum absolute atomic E-state index is 13.2. The van der Waals surface area contributed by atoms with Gasteiger partial charge in [-0.25, -0.2) is 9.18 Å². The number of carbonyl (C=O) groups is 3. The minimum Gasteiger partial charge on any atom is -0.444 e. The van der Waals surface area contributed by atoms with Crippen LogP contribution in [0.3, 0.4) is 0 Å². The van der Waals surface area contributed by atoms with Gasteiger partial charge in [0, 0.05) is 0 Å². The maximum Gasteiger partial charge on any atom is 0.408 e. The quantitative estimate of drug-likeness (QED) is 0.518. The Labute approximate surface area is 195 Å². The number of alkyl carbamates (subject to hydrolysis) is 1. The normalized spacial score (nSPS) is 20.9. The Hall–Kier alpha value is -2.48. The van der Waals surface area contributed by atoms with Crippen LogP contribution in [0.15, 0.2) is 24.3 Å². The first-order valence-corrected chi connectivity index (χ1v) is 11.5. The third-order valence-electron chi connectivity index (χ3n) is 5.59. The van der Waals surface area contributed by atoms with Crippen molar-refractivity contribution in [2.75, 3.05) is 0 Å². The van der Waals surface area contributed by atoms with E-state index in [-0.39, 0.29) is 17.6 Å². The van der Waals surface area contributed by atoms with E-state index in [1.54, 1.807) is 20.8 Å². The van der Waals surface area contributed by atoms with E-state index in [4.69, 9.17) is 4.74 Å². The van der Waals surface area contributed by atoms with E-state index in [1.165, 1.54) is 24.3 Å². The first-order valence-electron chi connectivity index (χ1n) is 11.5. The molecule has 2 unspecified atom stereocenters. The lowest BCUT2D eigenvalue weighted by atomic mass is 9.92. The number of ketones is 1. The van der Waals surface area contributed by atoms with Crippen LogP contribution in [0.5, 0.6) is 0 Å². The van der Waals surface area contributed by atoms with Gasteiger partial charge in [-0.05, 0) is 56.7 Å². The second kappa shape index (κ2) is 10.6. The topological polar surface area (TPSA) is 105 Å². The molecule has 0 radical (unpaired) electrons. The van der Waals surface area contributed by atoms with Crippen molar-refractivity contribution in [1.82, 2.24) is 10.6 Å². The molecule has 0 saturated heterocycles. The number of nitrogens with one attached hydrogen (secondary N) is 2. The lowest BCUT2D eigenvalue weighted by Crippen LogP contribution is -2.55. The number of benzene rings is 1. The van der Waals surface area contributed by atoms with Crippen LogP contribution < -0.4 is 10.6 Å². The molecule has 1 fully saturated rings. The molecule has 184 valence electrons. The predicted molar refractivity (Wildman–Crippen MR) is 123 cm³/mol. The molecule has 33 heavy (non-hydrogen) atoms. The molecule has 0 heterocycles. The standard InChI is InChI=1S/C25H37FN2O5/c1-13(2)12-17(27-24(32)33-25(5,6)7)23(31)28-20(14(3)4)22(30)19-18(21(19)29)15-8-10-16(26)11-9-15/h8-11,13-14,17-20,22,30H,12H2,1-7H3,(H,27,32)(H,28,31)/t17-,18?,19?,20-,22-/m0/s1. The van der Waals surface area contributed by atoms with Crippen LogP contribution in [0, 0.1) is 23.6 Å². The van der Waals surface area contributed by atoms with Gasteiger partial charge in [0.15, 0.2) is 0 Å². The minimum absolute atomic E-state index is 0.117. The van der Waals surface area contributed by atoms with Gasteiger partial charge in [-0.2, -0.15) is 0 Å². The van der Waals surface area contributed by atoms with Gasteiger partial charge in [-0.3, -0.25) is 9.59 Å². The van der Waals surface area contributed by atoms with E-state index in [1.807, 2.05) is 27.7 Å². The van der Waals surface area contributed by atoms with Gasteiger partial charge < -0.3 is 20.5 Å². The van der Waals surface area contributed by atoms with Crippen LogP contribution in [0.4, 0.5) is 9.18 Å². The molecule has 5 atom stereocenters. The molecule has 1 aromatic carbocycles. The summed E-state index contributed by atoms with van der Waals surface area (Å²) in [5, 5.41) is 16.5. The fraction of sp³-hybridized carbons (Fsp3) is 0.640. The van der Waals surface area contributed by atoms with Crippen LogP contribution >= 0.6 is 0 Å². The average molecular weight is 465 g/mol. The molecule has 7 nitrogen and oxygen atoms in total. The number of halogens is 1. The molecule has 1 aromatic rings. The summed E-state index contributed by atoms with van der Waals surface area (Å²) in [5.41, 5.74) is -0.0649. The monoisotopic (exact) mass is 464 g/mol. The Morgan fingerprint density at radius 3 is 2.15 bits per heavy atom. The van der Waals surface area contributed by atoms with Crippen molar-refractivity contribution in [3.8, 4) is 0 Å². The molecule has 2 amide bonds. The molecule has 0 aromatic heterocycles. The number of Topliss-reactive ketones (excluding diaryl/α,β-unsaturated/α-hetero) is 1. The van der Waals surface area contributed by atoms with Crippen molar-refractivity contribution in [2.45, 2.75) is 84.6 Å². The predicted octanol–water partition coefficient (Wildman–Crippen LogP) is 3.55. The van der Waals surface area contributed by atoms with Crippen LogP contribution in [0.2, 0.25) is 0 Å². The van der Waals surface area contributed by atoms with E-state index in [0.29, 0.717) is 12.0 Å². The molecule has 1 saturated carbocycles. The molecule has 0 spiro atoms. The summed E-state index contributed by atoms with van der Waals surface area (Å²) in [6.07, 6.45) is -1.43. The Morgan fingerprint density at radius 2 is 1.67 bits per heavy atom. The van der Waals surface area contributed by atoms with Gasteiger partial charge in [0.2, 0.25) is 5.91 Å². The number of carbonyl (C=O) groups excluding carboxylic acids is 3. The summed E-state index contributed by atoms with van der Waals surface area (Å²) in [7, 11) is 0. The number of rotatable bonds is 9. The average Bonchev–Trinajstić information content (AvgIpc) is 3.34. The Kier molecular flexibility index (Phi) is 8.63. The molecule has 3 N–H and O–H groups in total. The maximum atomic E-state index is 13.2. The second-order valence-electron chi connectivity index (χ2n) is 10.6. The van der Waals surface area contributed by atoms with Gasteiger partial charge in [0.1, 0.15) is 23.2 Å². The Bertz CT molecular complexity index is 847. The summed E-state index contributed by atoms with van der Waals surface area (Å²) in [5.74, 6) is -2.24. The Balaban J connectivity index is 2.12. The highest BCUT2D eigenvalue weighted by Crippen LogP contribution is 2.46. The molecule has 2 rings (SSSR count). The van der Waals surface area contributed by atoms with Gasteiger partial charge in [0.05, 0.1) is 24.0 Å². The highest BCUT2D eigenvalue weighted by Gasteiger charge is 2.56. The summed E-state index contributed by atoms with van der Waals surface area (Å²) in [6, 6.07) is 4.09. The van der Waals surface area contributed by atoms with E-state index in [9.17, 15) is 23.9 Å². The lowest BCUT2D eigenvalue weighted by Gasteiger charge is -2.30. The number of hydrogen-bond acceptors (Lipinski definition) is 5. The molecule has 8 heteroatoms. The summed E-state index contributed by atoms with van der Waals surface area (Å²) in [4.78, 5) is 37.8. The van der Waals surface area contributed by atoms with Crippen molar-refractivity contribution in [3.05, 3.63) is 35.6 Å². The molecule has 0 bridgehead atoms. The van der Waals surface area contributed by atoms with Crippen LogP contribution in [0.25, 0.3) is 0 Å². The van der Waals surface area contributed by atoms with Gasteiger partial charge in [-0.15, -0.1) is 0 Å². The molecule has 1 aliphatic carbocycles. The van der Waals surface area contributed by atoms with Gasteiger partial charge in [0.25, 0.3) is 0 Å². The Morgan fingerprint density at radius 1 is 1.09 bits per heavy atom. The van der Waals surface area contributed by atoms with E-state index in [0.717, 1.165) is 0 Å². The van der Waals surface area contributed by atoms with Crippen molar-refractivity contribution in [2.24, 2.45) is 17.8 Å². The van der Waals surface area contributed by atoms with Crippen molar-refractivity contribution >= 4 is 17.8 Å². The number of ether oxygens (including phenoxy) is 1. The molecule has 1 aliphatic rings. The third-order valence-corrected chi connectivity index (χ3v) is 5.59. The smallest absolute Gasteiger partial charge is 0.408 e. The second-order valence-corrected chi connectivity index (χ2v) is 10.6. The third kappa shape index (κ3) is 7.52. The first kappa shape index (κ1) is 26.8. The van der Waals surface area contributed by atoms with Crippen molar-refractivity contribution < 1.29 is 28.6 Å². The number of amides is 2. The zero-order chi connectivity index (χ0) is 25.1. The van der Waals surface area contributed by atoms with Crippen LogP contribution in [0.1, 0.15) is 66.4 Å². The van der Waals surface area contributed by atoms with Crippen LogP contribution in [-0.4, -0.2) is 46.7 Å². The summed E-state index contributed by atoms with van der Waals surface area (Å²) in [6.45, 7) is 12.8. The van der Waals surface area contributed by atoms with Gasteiger partial charge >= 0.3 is 6.09 Å². The highest BCUT2D eigenvalue weighted by molar-refractivity contribution is 6.05. The number of aliphatic hydroxyl groups is 1. The van der Waals surface area contributed by atoms with Crippen molar-refractivity contribution in [3.63, 3.8) is 0 Å². The fourth-order valence-corrected chi connectivity index (χ4v) is 3.95. The first-order chi connectivity index (χ1) is 15.2. The zero-order valence-electron chi connectivity index (χ0n) is 20.5. The minimum atomic E-state index is -1.11. The molecular formula is C25H37FN2O5. The lowest BCUT2D eigenvalue weighted by molar-refractivity contribution is -0.126. The summed E-state index contributed by atoms with van der Waals surface area (Å²) >= 11 is 0. The molecule has 0 aliphatic heterocycles. The number of aliphatic hydroxyl groups excluding tert-OH is 1. The fourth-order valence-electron chi connectivity index (χ4n) is 3.95. The van der Waals surface area contributed by atoms with E-state index in [2.05, 4.69) is 10.6 Å². The van der Waals surface area contributed by atoms with E-state index < -0.39 is 53.4 Å².